The summed E-state index contributed by atoms with van der Waals surface area (Å²) >= 11 is 5.90. The molecule has 0 bridgehead atoms. The first kappa shape index (κ1) is 15.5. The molecule has 2 aromatic carbocycles. The van der Waals surface area contributed by atoms with E-state index < -0.39 is 0 Å². The van der Waals surface area contributed by atoms with Gasteiger partial charge in [0, 0.05) is 5.02 Å². The third-order valence-electron chi connectivity index (χ3n) is 3.12. The molecule has 3 nitrogen and oxygen atoms in total. The van der Waals surface area contributed by atoms with Crippen LogP contribution in [0.15, 0.2) is 59.7 Å². The molecule has 21 heavy (non-hydrogen) atoms. The Hall–Kier alpha value is -1.84. The SMILES string of the molecule is C/C(=N/N(CCO)Cc1ccccc1)c1ccc(Cl)cc1. The quantitative estimate of drug-likeness (QED) is 0.654. The van der Waals surface area contributed by atoms with Gasteiger partial charge in [-0.15, -0.1) is 0 Å². The van der Waals surface area contributed by atoms with Crippen molar-refractivity contribution < 1.29 is 5.11 Å². The molecule has 0 aliphatic rings. The summed E-state index contributed by atoms with van der Waals surface area (Å²) in [5, 5.41) is 16.4. The highest BCUT2D eigenvalue weighted by Gasteiger charge is 2.04. The van der Waals surface area contributed by atoms with Crippen LogP contribution in [-0.4, -0.2) is 29.0 Å². The topological polar surface area (TPSA) is 35.8 Å². The highest BCUT2D eigenvalue weighted by Crippen LogP contribution is 2.12. The lowest BCUT2D eigenvalue weighted by molar-refractivity contribution is 0.196. The first-order chi connectivity index (χ1) is 10.2. The van der Waals surface area contributed by atoms with E-state index in [0.717, 1.165) is 11.3 Å². The second-order valence-corrected chi connectivity index (χ2v) is 5.23. The van der Waals surface area contributed by atoms with E-state index >= 15 is 0 Å². The molecule has 0 fully saturated rings. The second-order valence-electron chi connectivity index (χ2n) is 4.79. The number of hydrogen-bond acceptors (Lipinski definition) is 3. The van der Waals surface area contributed by atoms with Crippen molar-refractivity contribution in [3.05, 3.63) is 70.7 Å². The van der Waals surface area contributed by atoms with Crippen LogP contribution < -0.4 is 0 Å². The smallest absolute Gasteiger partial charge is 0.0646 e. The lowest BCUT2D eigenvalue weighted by Crippen LogP contribution is -2.22. The third-order valence-corrected chi connectivity index (χ3v) is 3.37. The molecule has 2 rings (SSSR count). The number of benzene rings is 2. The van der Waals surface area contributed by atoms with Gasteiger partial charge in [-0.2, -0.15) is 5.10 Å². The van der Waals surface area contributed by atoms with E-state index in [9.17, 15) is 5.11 Å². The van der Waals surface area contributed by atoms with Crippen LogP contribution in [0.3, 0.4) is 0 Å². The predicted octanol–water partition coefficient (Wildman–Crippen LogP) is 3.56. The molecule has 0 atom stereocenters. The van der Waals surface area contributed by atoms with Gasteiger partial charge in [0.1, 0.15) is 0 Å². The number of hydrazone groups is 1. The Balaban J connectivity index is 2.14. The van der Waals surface area contributed by atoms with Gasteiger partial charge in [-0.05, 0) is 30.2 Å². The Kier molecular flexibility index (Phi) is 5.78. The van der Waals surface area contributed by atoms with Gasteiger partial charge in [-0.1, -0.05) is 54.1 Å². The van der Waals surface area contributed by atoms with Crippen LogP contribution in [0.1, 0.15) is 18.1 Å². The average Bonchev–Trinajstić information content (AvgIpc) is 2.49. The van der Waals surface area contributed by atoms with Crippen LogP contribution in [0.5, 0.6) is 0 Å². The Morgan fingerprint density at radius 2 is 1.76 bits per heavy atom. The number of nitrogens with zero attached hydrogens (tertiary/aromatic N) is 2. The minimum atomic E-state index is 0.0736. The van der Waals surface area contributed by atoms with Crippen molar-refractivity contribution in [3.63, 3.8) is 0 Å². The Bertz CT molecular complexity index is 581. The normalized spacial score (nSPS) is 11.5. The zero-order valence-corrected chi connectivity index (χ0v) is 12.8. The highest BCUT2D eigenvalue weighted by molar-refractivity contribution is 6.30. The molecular weight excluding hydrogens is 284 g/mol. The van der Waals surface area contributed by atoms with E-state index in [1.54, 1.807) is 0 Å². The Morgan fingerprint density at radius 1 is 1.10 bits per heavy atom. The van der Waals surface area contributed by atoms with Crippen molar-refractivity contribution in [2.75, 3.05) is 13.2 Å². The molecule has 0 heterocycles. The number of aliphatic hydroxyl groups excluding tert-OH is 1. The van der Waals surface area contributed by atoms with Crippen molar-refractivity contribution in [1.82, 2.24) is 5.01 Å². The molecule has 0 saturated carbocycles. The van der Waals surface area contributed by atoms with Crippen LogP contribution in [0, 0.1) is 0 Å². The zero-order valence-electron chi connectivity index (χ0n) is 12.0. The zero-order chi connectivity index (χ0) is 15.1. The van der Waals surface area contributed by atoms with Crippen molar-refractivity contribution in [1.29, 1.82) is 0 Å². The lowest BCUT2D eigenvalue weighted by Gasteiger charge is -2.19. The van der Waals surface area contributed by atoms with E-state index in [4.69, 9.17) is 11.6 Å². The van der Waals surface area contributed by atoms with E-state index in [1.807, 2.05) is 54.4 Å². The summed E-state index contributed by atoms with van der Waals surface area (Å²) in [4.78, 5) is 0. The van der Waals surface area contributed by atoms with Gasteiger partial charge in [0.15, 0.2) is 0 Å². The van der Waals surface area contributed by atoms with Crippen LogP contribution in [0.2, 0.25) is 5.02 Å². The van der Waals surface area contributed by atoms with Gasteiger partial charge >= 0.3 is 0 Å². The molecule has 110 valence electrons. The maximum atomic E-state index is 9.21. The fraction of sp³-hybridized carbons (Fsp3) is 0.235. The molecule has 0 radical (unpaired) electrons. The van der Waals surface area contributed by atoms with Gasteiger partial charge in [-0.3, -0.25) is 5.01 Å². The van der Waals surface area contributed by atoms with E-state index in [1.165, 1.54) is 5.56 Å². The third kappa shape index (κ3) is 4.88. The summed E-state index contributed by atoms with van der Waals surface area (Å²) < 4.78 is 0. The fourth-order valence-electron chi connectivity index (χ4n) is 2.03. The van der Waals surface area contributed by atoms with Crippen molar-refractivity contribution in [3.8, 4) is 0 Å². The van der Waals surface area contributed by atoms with Gasteiger partial charge in [0.25, 0.3) is 0 Å². The average molecular weight is 303 g/mol. The van der Waals surface area contributed by atoms with E-state index in [-0.39, 0.29) is 6.61 Å². The molecule has 0 spiro atoms. The number of hydrogen-bond donors (Lipinski definition) is 1. The standard InChI is InChI=1S/C17H19ClN2O/c1-14(16-7-9-17(18)10-8-16)19-20(11-12-21)13-15-5-3-2-4-6-15/h2-10,21H,11-13H2,1H3/b19-14-. The van der Waals surface area contributed by atoms with Crippen molar-refractivity contribution in [2.24, 2.45) is 5.10 Å². The molecule has 0 aliphatic heterocycles. The number of aliphatic hydroxyl groups is 1. The summed E-state index contributed by atoms with van der Waals surface area (Å²) in [5.41, 5.74) is 3.09. The highest BCUT2D eigenvalue weighted by atomic mass is 35.5. The molecule has 0 amide bonds. The van der Waals surface area contributed by atoms with E-state index in [2.05, 4.69) is 17.2 Å². The van der Waals surface area contributed by atoms with Gasteiger partial charge in [-0.25, -0.2) is 0 Å². The van der Waals surface area contributed by atoms with Crippen LogP contribution >= 0.6 is 11.6 Å². The fourth-order valence-corrected chi connectivity index (χ4v) is 2.16. The minimum absolute atomic E-state index is 0.0736. The second kappa shape index (κ2) is 7.81. The van der Waals surface area contributed by atoms with Crippen LogP contribution in [-0.2, 0) is 6.54 Å². The molecule has 0 aliphatic carbocycles. The van der Waals surface area contributed by atoms with Gasteiger partial charge in [0.05, 0.1) is 25.4 Å². The first-order valence-electron chi connectivity index (χ1n) is 6.90. The summed E-state index contributed by atoms with van der Waals surface area (Å²) in [5.74, 6) is 0. The summed E-state index contributed by atoms with van der Waals surface area (Å²) in [6.45, 7) is 3.20. The molecule has 0 saturated heterocycles. The number of halogens is 1. The summed E-state index contributed by atoms with van der Waals surface area (Å²) in [6.07, 6.45) is 0. The Morgan fingerprint density at radius 3 is 2.38 bits per heavy atom. The van der Waals surface area contributed by atoms with Gasteiger partial charge in [0.2, 0.25) is 0 Å². The number of rotatable bonds is 6. The summed E-state index contributed by atoms with van der Waals surface area (Å²) in [6, 6.07) is 17.7. The molecule has 0 unspecified atom stereocenters. The minimum Gasteiger partial charge on any atom is -0.394 e. The largest absolute Gasteiger partial charge is 0.394 e. The maximum Gasteiger partial charge on any atom is 0.0646 e. The predicted molar refractivity (Wildman–Crippen MR) is 87.6 cm³/mol. The lowest BCUT2D eigenvalue weighted by atomic mass is 10.1. The van der Waals surface area contributed by atoms with Crippen molar-refractivity contribution >= 4 is 17.3 Å². The van der Waals surface area contributed by atoms with Crippen molar-refractivity contribution in [2.45, 2.75) is 13.5 Å². The van der Waals surface area contributed by atoms with Crippen LogP contribution in [0.25, 0.3) is 0 Å². The van der Waals surface area contributed by atoms with Crippen LogP contribution in [0.4, 0.5) is 0 Å². The summed E-state index contributed by atoms with van der Waals surface area (Å²) in [7, 11) is 0. The van der Waals surface area contributed by atoms with Gasteiger partial charge < -0.3 is 5.11 Å². The van der Waals surface area contributed by atoms with E-state index in [0.29, 0.717) is 18.1 Å². The maximum absolute atomic E-state index is 9.21. The molecule has 4 heteroatoms. The molecule has 0 aromatic heterocycles. The molecular formula is C17H19ClN2O. The monoisotopic (exact) mass is 302 g/mol. The first-order valence-corrected chi connectivity index (χ1v) is 7.27. The molecule has 2 aromatic rings. The molecule has 1 N–H and O–H groups in total. The Labute approximate surface area is 130 Å².